The van der Waals surface area contributed by atoms with E-state index < -0.39 is 20.8 Å². The van der Waals surface area contributed by atoms with Gasteiger partial charge in [-0.15, -0.1) is 0 Å². The van der Waals surface area contributed by atoms with Gasteiger partial charge in [-0.2, -0.15) is 0 Å². The Hall–Kier alpha value is -2.03. The van der Waals surface area contributed by atoms with E-state index in [9.17, 15) is 22.9 Å². The number of sulfonamides is 1. The molecule has 2 aromatic rings. The van der Waals surface area contributed by atoms with Gasteiger partial charge in [0.15, 0.2) is 0 Å². The van der Waals surface area contributed by atoms with Crippen molar-refractivity contribution in [3.63, 3.8) is 0 Å². The van der Waals surface area contributed by atoms with Crippen LogP contribution in [-0.4, -0.2) is 13.3 Å². The molecule has 0 atom stereocenters. The van der Waals surface area contributed by atoms with Crippen molar-refractivity contribution in [3.05, 3.63) is 69.0 Å². The van der Waals surface area contributed by atoms with E-state index in [1.165, 1.54) is 30.3 Å². The van der Waals surface area contributed by atoms with Crippen molar-refractivity contribution in [1.82, 2.24) is 4.72 Å². The van der Waals surface area contributed by atoms with Crippen LogP contribution in [0.25, 0.3) is 0 Å². The number of non-ortho nitro benzene ring substituents is 1. The van der Waals surface area contributed by atoms with Crippen LogP contribution in [-0.2, 0) is 16.6 Å². The topological polar surface area (TPSA) is 89.3 Å². The first-order valence-corrected chi connectivity index (χ1v) is 7.84. The Labute approximate surface area is 130 Å². The number of benzene rings is 2. The molecule has 0 saturated heterocycles. The van der Waals surface area contributed by atoms with Crippen LogP contribution >= 0.6 is 11.6 Å². The average Bonchev–Trinajstić information content (AvgIpc) is 2.48. The summed E-state index contributed by atoms with van der Waals surface area (Å²) >= 11 is 5.72. The molecule has 6 nitrogen and oxygen atoms in total. The minimum absolute atomic E-state index is 0.0708. The highest BCUT2D eigenvalue weighted by Gasteiger charge is 2.18. The molecule has 0 saturated carbocycles. The molecule has 116 valence electrons. The highest BCUT2D eigenvalue weighted by Crippen LogP contribution is 2.19. The summed E-state index contributed by atoms with van der Waals surface area (Å²) in [7, 11) is -4.01. The van der Waals surface area contributed by atoms with Crippen LogP contribution in [0.5, 0.6) is 0 Å². The summed E-state index contributed by atoms with van der Waals surface area (Å²) in [5.41, 5.74) is -0.279. The lowest BCUT2D eigenvalue weighted by atomic mass is 10.2. The monoisotopic (exact) mass is 344 g/mol. The van der Waals surface area contributed by atoms with E-state index in [0.717, 1.165) is 12.1 Å². The fraction of sp³-hybridized carbons (Fsp3) is 0.0769. The van der Waals surface area contributed by atoms with Crippen molar-refractivity contribution >= 4 is 27.3 Å². The molecule has 0 aliphatic carbocycles. The standard InChI is InChI=1S/C13H10ClFN2O4S/c14-10-4-5-13(15)9(6-10)8-16-22(20,21)12-3-1-2-11(7-12)17(18)19/h1-7,16H,8H2. The van der Waals surface area contributed by atoms with Crippen molar-refractivity contribution in [2.75, 3.05) is 0 Å². The summed E-state index contributed by atoms with van der Waals surface area (Å²) in [4.78, 5) is 9.69. The smallest absolute Gasteiger partial charge is 0.258 e. The first-order chi connectivity index (χ1) is 10.3. The zero-order chi connectivity index (χ0) is 16.3. The number of nitrogens with zero attached hydrogens (tertiary/aromatic N) is 1. The third-order valence-electron chi connectivity index (χ3n) is 2.80. The van der Waals surface area contributed by atoms with E-state index >= 15 is 0 Å². The fourth-order valence-corrected chi connectivity index (χ4v) is 2.94. The van der Waals surface area contributed by atoms with E-state index in [1.807, 2.05) is 0 Å². The van der Waals surface area contributed by atoms with Gasteiger partial charge in [-0.25, -0.2) is 17.5 Å². The quantitative estimate of drug-likeness (QED) is 0.667. The van der Waals surface area contributed by atoms with Gasteiger partial charge in [0.1, 0.15) is 5.82 Å². The minimum atomic E-state index is -4.01. The summed E-state index contributed by atoms with van der Waals surface area (Å²) in [6, 6.07) is 8.34. The van der Waals surface area contributed by atoms with E-state index in [1.54, 1.807) is 0 Å². The van der Waals surface area contributed by atoms with Gasteiger partial charge in [0.2, 0.25) is 10.0 Å². The van der Waals surface area contributed by atoms with Crippen molar-refractivity contribution < 1.29 is 17.7 Å². The molecule has 0 aliphatic heterocycles. The van der Waals surface area contributed by atoms with Crippen molar-refractivity contribution in [2.45, 2.75) is 11.4 Å². The molecule has 1 N–H and O–H groups in total. The number of nitrogens with one attached hydrogen (secondary N) is 1. The van der Waals surface area contributed by atoms with Gasteiger partial charge in [0.05, 0.1) is 9.82 Å². The second-order valence-corrected chi connectivity index (χ2v) is 6.52. The normalized spacial score (nSPS) is 11.4. The SMILES string of the molecule is O=[N+]([O-])c1cccc(S(=O)(=O)NCc2cc(Cl)ccc2F)c1. The second-order valence-electron chi connectivity index (χ2n) is 4.31. The third-order valence-corrected chi connectivity index (χ3v) is 4.43. The molecule has 0 aliphatic rings. The Morgan fingerprint density at radius 1 is 1.23 bits per heavy atom. The number of rotatable bonds is 5. The number of nitro groups is 1. The van der Waals surface area contributed by atoms with Gasteiger partial charge in [0, 0.05) is 29.3 Å². The van der Waals surface area contributed by atoms with Crippen molar-refractivity contribution in [2.24, 2.45) is 0 Å². The van der Waals surface area contributed by atoms with Gasteiger partial charge in [0.25, 0.3) is 5.69 Å². The minimum Gasteiger partial charge on any atom is -0.258 e. The molecule has 0 radical (unpaired) electrons. The highest BCUT2D eigenvalue weighted by atomic mass is 35.5. The van der Waals surface area contributed by atoms with Crippen LogP contribution in [0.2, 0.25) is 5.02 Å². The number of halogens is 2. The van der Waals surface area contributed by atoms with Crippen LogP contribution in [0.1, 0.15) is 5.56 Å². The lowest BCUT2D eigenvalue weighted by molar-refractivity contribution is -0.385. The summed E-state index contributed by atoms with van der Waals surface area (Å²) in [6.45, 7) is -0.322. The molecule has 2 rings (SSSR count). The molecular weight excluding hydrogens is 335 g/mol. The number of nitro benzene ring substituents is 1. The van der Waals surface area contributed by atoms with Crippen LogP contribution in [0.4, 0.5) is 10.1 Å². The molecule has 9 heteroatoms. The van der Waals surface area contributed by atoms with Crippen LogP contribution in [0.15, 0.2) is 47.4 Å². The summed E-state index contributed by atoms with van der Waals surface area (Å²) < 4.78 is 39.9. The van der Waals surface area contributed by atoms with Gasteiger partial charge in [-0.1, -0.05) is 17.7 Å². The third kappa shape index (κ3) is 3.79. The zero-order valence-corrected chi connectivity index (χ0v) is 12.6. The maximum absolute atomic E-state index is 13.5. The van der Waals surface area contributed by atoms with Gasteiger partial charge < -0.3 is 0 Å². The maximum Gasteiger partial charge on any atom is 0.270 e. The Balaban J connectivity index is 2.23. The van der Waals surface area contributed by atoms with Crippen LogP contribution in [0, 0.1) is 15.9 Å². The van der Waals surface area contributed by atoms with Crippen molar-refractivity contribution in [3.8, 4) is 0 Å². The van der Waals surface area contributed by atoms with E-state index in [-0.39, 0.29) is 27.7 Å². The number of hydrogen-bond acceptors (Lipinski definition) is 4. The largest absolute Gasteiger partial charge is 0.270 e. The van der Waals surface area contributed by atoms with Crippen LogP contribution in [0.3, 0.4) is 0 Å². The Kier molecular flexibility index (Phi) is 4.74. The number of hydrogen-bond donors (Lipinski definition) is 1. The van der Waals surface area contributed by atoms with E-state index in [2.05, 4.69) is 4.72 Å². The lowest BCUT2D eigenvalue weighted by Crippen LogP contribution is -2.23. The fourth-order valence-electron chi connectivity index (χ4n) is 1.70. The van der Waals surface area contributed by atoms with E-state index in [0.29, 0.717) is 0 Å². The molecule has 0 aromatic heterocycles. The first kappa shape index (κ1) is 16.3. The Morgan fingerprint density at radius 2 is 1.95 bits per heavy atom. The molecule has 0 spiro atoms. The summed E-state index contributed by atoms with van der Waals surface area (Å²) in [5.74, 6) is -0.605. The highest BCUT2D eigenvalue weighted by molar-refractivity contribution is 7.89. The van der Waals surface area contributed by atoms with Gasteiger partial charge >= 0.3 is 0 Å². The Bertz CT molecular complexity index is 827. The van der Waals surface area contributed by atoms with Crippen molar-refractivity contribution in [1.29, 1.82) is 0 Å². The zero-order valence-electron chi connectivity index (χ0n) is 11.0. The second kappa shape index (κ2) is 6.39. The molecule has 0 fully saturated rings. The molecular formula is C13H10ClFN2O4S. The molecule has 0 unspecified atom stereocenters. The van der Waals surface area contributed by atoms with Gasteiger partial charge in [-0.3, -0.25) is 10.1 Å². The maximum atomic E-state index is 13.5. The summed E-state index contributed by atoms with van der Waals surface area (Å²) in [6.07, 6.45) is 0. The molecule has 0 bridgehead atoms. The van der Waals surface area contributed by atoms with E-state index in [4.69, 9.17) is 11.6 Å². The summed E-state index contributed by atoms with van der Waals surface area (Å²) in [5, 5.41) is 10.9. The van der Waals surface area contributed by atoms with Crippen LogP contribution < -0.4 is 4.72 Å². The predicted octanol–water partition coefficient (Wildman–Crippen LogP) is 2.87. The molecule has 22 heavy (non-hydrogen) atoms. The molecule has 0 heterocycles. The molecule has 2 aromatic carbocycles. The molecule has 0 amide bonds. The van der Waals surface area contributed by atoms with Gasteiger partial charge in [-0.05, 0) is 24.3 Å². The lowest BCUT2D eigenvalue weighted by Gasteiger charge is -2.08. The average molecular weight is 345 g/mol. The first-order valence-electron chi connectivity index (χ1n) is 5.97. The predicted molar refractivity (Wildman–Crippen MR) is 78.5 cm³/mol. The Morgan fingerprint density at radius 3 is 2.64 bits per heavy atom.